The minimum absolute atomic E-state index is 0.400. The highest BCUT2D eigenvalue weighted by Gasteiger charge is 1.95. The van der Waals surface area contributed by atoms with Crippen molar-refractivity contribution < 1.29 is 9.47 Å². The third-order valence-electron chi connectivity index (χ3n) is 3.95. The Kier molecular flexibility index (Phi) is 14.5. The monoisotopic (exact) mass is 340 g/mol. The van der Waals surface area contributed by atoms with Crippen molar-refractivity contribution in [3.8, 4) is 0 Å². The molecule has 0 N–H and O–H groups in total. The Morgan fingerprint density at radius 1 is 0.652 bits per heavy atom. The van der Waals surface area contributed by atoms with E-state index < -0.39 is 0 Å². The number of ether oxygens (including phenoxy) is 2. The van der Waals surface area contributed by atoms with Gasteiger partial charge in [-0.3, -0.25) is 0 Å². The highest BCUT2D eigenvalue weighted by molar-refractivity contribution is 6.17. The molecule has 0 radical (unpaired) electrons. The summed E-state index contributed by atoms with van der Waals surface area (Å²) in [6, 6.07) is 10.2. The molecule has 132 valence electrons. The van der Waals surface area contributed by atoms with Crippen LogP contribution < -0.4 is 0 Å². The van der Waals surface area contributed by atoms with Crippen molar-refractivity contribution >= 4 is 11.6 Å². The molecule has 0 aliphatic carbocycles. The van der Waals surface area contributed by atoms with E-state index in [9.17, 15) is 0 Å². The number of rotatable bonds is 16. The van der Waals surface area contributed by atoms with Crippen molar-refractivity contribution in [3.63, 3.8) is 0 Å². The van der Waals surface area contributed by atoms with E-state index in [0.717, 1.165) is 18.9 Å². The summed E-state index contributed by atoms with van der Waals surface area (Å²) in [5.74, 6) is 0.819. The van der Waals surface area contributed by atoms with Gasteiger partial charge in [-0.15, -0.1) is 11.6 Å². The minimum atomic E-state index is 0.400. The van der Waals surface area contributed by atoms with Crippen LogP contribution in [0.3, 0.4) is 0 Å². The molecule has 0 bridgehead atoms. The molecule has 0 spiro atoms. The van der Waals surface area contributed by atoms with E-state index in [1.54, 1.807) is 0 Å². The van der Waals surface area contributed by atoms with E-state index in [1.165, 1.54) is 63.4 Å². The Balaban J connectivity index is 1.72. The quantitative estimate of drug-likeness (QED) is 0.199. The Labute approximate surface area is 147 Å². The van der Waals surface area contributed by atoms with Crippen molar-refractivity contribution in [2.45, 2.75) is 70.8 Å². The fourth-order valence-electron chi connectivity index (χ4n) is 2.56. The van der Waals surface area contributed by atoms with Gasteiger partial charge in [-0.25, -0.2) is 0 Å². The van der Waals surface area contributed by atoms with Crippen LogP contribution in [0.5, 0.6) is 0 Å². The molecule has 0 atom stereocenters. The first-order valence-electron chi connectivity index (χ1n) is 9.19. The van der Waals surface area contributed by atoms with Gasteiger partial charge in [0.1, 0.15) is 6.79 Å². The Morgan fingerprint density at radius 2 is 1.22 bits per heavy atom. The van der Waals surface area contributed by atoms with Gasteiger partial charge in [0.05, 0.1) is 6.61 Å². The van der Waals surface area contributed by atoms with Crippen molar-refractivity contribution in [1.29, 1.82) is 0 Å². The lowest BCUT2D eigenvalue weighted by Crippen LogP contribution is -2.01. The lowest BCUT2D eigenvalue weighted by atomic mass is 10.1. The molecule has 0 aliphatic heterocycles. The second-order valence-electron chi connectivity index (χ2n) is 6.08. The van der Waals surface area contributed by atoms with E-state index in [0.29, 0.717) is 13.4 Å². The van der Waals surface area contributed by atoms with Crippen LogP contribution in [-0.2, 0) is 16.1 Å². The Bertz CT molecular complexity index is 343. The number of benzene rings is 1. The first-order valence-corrected chi connectivity index (χ1v) is 9.72. The standard InChI is InChI=1S/C20H33ClO2/c21-16-12-7-5-3-1-2-4-6-8-13-17-22-19-23-18-20-14-10-9-11-15-20/h9-11,14-15H,1-8,12-13,16-19H2. The molecule has 3 heteroatoms. The number of hydrogen-bond acceptors (Lipinski definition) is 2. The van der Waals surface area contributed by atoms with E-state index in [-0.39, 0.29) is 0 Å². The van der Waals surface area contributed by atoms with Gasteiger partial charge in [-0.2, -0.15) is 0 Å². The highest BCUT2D eigenvalue weighted by Crippen LogP contribution is 2.11. The molecule has 0 saturated heterocycles. The Morgan fingerprint density at radius 3 is 1.83 bits per heavy atom. The van der Waals surface area contributed by atoms with Crippen molar-refractivity contribution in [3.05, 3.63) is 35.9 Å². The second kappa shape index (κ2) is 16.3. The fraction of sp³-hybridized carbons (Fsp3) is 0.700. The zero-order chi connectivity index (χ0) is 16.4. The molecule has 1 aromatic rings. The van der Waals surface area contributed by atoms with Crippen LogP contribution in [-0.4, -0.2) is 19.3 Å². The lowest BCUT2D eigenvalue weighted by Gasteiger charge is -2.06. The maximum atomic E-state index is 5.66. The summed E-state index contributed by atoms with van der Waals surface area (Å²) in [6.07, 6.45) is 13.1. The average molecular weight is 341 g/mol. The number of alkyl halides is 1. The van der Waals surface area contributed by atoms with Gasteiger partial charge in [-0.1, -0.05) is 81.7 Å². The summed E-state index contributed by atoms with van der Waals surface area (Å²) >= 11 is 5.66. The van der Waals surface area contributed by atoms with Gasteiger partial charge >= 0.3 is 0 Å². The summed E-state index contributed by atoms with van der Waals surface area (Å²) < 4.78 is 11.0. The van der Waals surface area contributed by atoms with Gasteiger partial charge in [0.15, 0.2) is 0 Å². The van der Waals surface area contributed by atoms with E-state index >= 15 is 0 Å². The third kappa shape index (κ3) is 13.6. The van der Waals surface area contributed by atoms with Crippen molar-refractivity contribution in [2.24, 2.45) is 0 Å². The summed E-state index contributed by atoms with van der Waals surface area (Å²) in [5.41, 5.74) is 1.19. The minimum Gasteiger partial charge on any atom is -0.355 e. The van der Waals surface area contributed by atoms with Crippen LogP contribution in [0.25, 0.3) is 0 Å². The molecule has 0 fully saturated rings. The molecule has 2 nitrogen and oxygen atoms in total. The predicted octanol–water partition coefficient (Wildman–Crippen LogP) is 6.32. The largest absolute Gasteiger partial charge is 0.355 e. The van der Waals surface area contributed by atoms with Crippen LogP contribution in [0.2, 0.25) is 0 Å². The maximum Gasteiger partial charge on any atom is 0.147 e. The first kappa shape index (κ1) is 20.5. The van der Waals surface area contributed by atoms with Crippen molar-refractivity contribution in [1.82, 2.24) is 0 Å². The first-order chi connectivity index (χ1) is 11.4. The molecular formula is C20H33ClO2. The normalized spacial score (nSPS) is 11.0. The summed E-state index contributed by atoms with van der Waals surface area (Å²) in [6.45, 7) is 1.84. The van der Waals surface area contributed by atoms with E-state index in [1.807, 2.05) is 18.2 Å². The number of hydrogen-bond donors (Lipinski definition) is 0. The van der Waals surface area contributed by atoms with Crippen LogP contribution in [0.15, 0.2) is 30.3 Å². The molecule has 0 saturated carbocycles. The van der Waals surface area contributed by atoms with E-state index in [2.05, 4.69) is 12.1 Å². The fourth-order valence-corrected chi connectivity index (χ4v) is 2.75. The van der Waals surface area contributed by atoms with Crippen LogP contribution in [0, 0.1) is 0 Å². The maximum absolute atomic E-state index is 5.66. The SMILES string of the molecule is ClCCCCCCCCCCCCOCOCc1ccccc1. The topological polar surface area (TPSA) is 18.5 Å². The Hall–Kier alpha value is -0.570. The lowest BCUT2D eigenvalue weighted by molar-refractivity contribution is -0.0623. The smallest absolute Gasteiger partial charge is 0.147 e. The molecule has 0 aliphatic rings. The summed E-state index contributed by atoms with van der Waals surface area (Å²) in [5, 5.41) is 0. The summed E-state index contributed by atoms with van der Waals surface area (Å²) in [4.78, 5) is 0. The van der Waals surface area contributed by atoms with Gasteiger partial charge in [-0.05, 0) is 18.4 Å². The average Bonchev–Trinajstić information content (AvgIpc) is 2.59. The number of halogens is 1. The third-order valence-corrected chi connectivity index (χ3v) is 4.22. The number of unbranched alkanes of at least 4 members (excludes halogenated alkanes) is 9. The van der Waals surface area contributed by atoms with Crippen LogP contribution in [0.4, 0.5) is 0 Å². The zero-order valence-corrected chi connectivity index (χ0v) is 15.2. The molecule has 23 heavy (non-hydrogen) atoms. The molecular weight excluding hydrogens is 308 g/mol. The highest BCUT2D eigenvalue weighted by atomic mass is 35.5. The molecule has 0 amide bonds. The summed E-state index contributed by atoms with van der Waals surface area (Å²) in [7, 11) is 0. The van der Waals surface area contributed by atoms with Crippen molar-refractivity contribution in [2.75, 3.05) is 19.3 Å². The van der Waals surface area contributed by atoms with Crippen LogP contribution in [0.1, 0.15) is 69.8 Å². The molecule has 0 heterocycles. The van der Waals surface area contributed by atoms with Gasteiger partial charge in [0.2, 0.25) is 0 Å². The van der Waals surface area contributed by atoms with Gasteiger partial charge in [0.25, 0.3) is 0 Å². The predicted molar refractivity (Wildman–Crippen MR) is 98.9 cm³/mol. The molecule has 1 rings (SSSR count). The molecule has 0 aromatic heterocycles. The van der Waals surface area contributed by atoms with Gasteiger partial charge in [0, 0.05) is 12.5 Å². The van der Waals surface area contributed by atoms with Crippen LogP contribution >= 0.6 is 11.6 Å². The van der Waals surface area contributed by atoms with E-state index in [4.69, 9.17) is 21.1 Å². The van der Waals surface area contributed by atoms with Gasteiger partial charge < -0.3 is 9.47 Å². The zero-order valence-electron chi connectivity index (χ0n) is 14.5. The molecule has 1 aromatic carbocycles. The molecule has 0 unspecified atom stereocenters. The second-order valence-corrected chi connectivity index (χ2v) is 6.46.